The van der Waals surface area contributed by atoms with Crippen molar-refractivity contribution < 1.29 is 4.39 Å². The van der Waals surface area contributed by atoms with E-state index in [1.807, 2.05) is 13.0 Å². The van der Waals surface area contributed by atoms with Gasteiger partial charge in [0.1, 0.15) is 5.82 Å². The monoisotopic (exact) mass is 217 g/mol. The number of hydrogen-bond acceptors (Lipinski definition) is 1. The molecule has 0 aliphatic rings. The standard InChI is InChI=1S/C8H9BrFN/c1-5-2-7(9)6(4-11)8(10)3-5/h2-3H,4,11H2,1H3. The van der Waals surface area contributed by atoms with Gasteiger partial charge in [0.2, 0.25) is 0 Å². The highest BCUT2D eigenvalue weighted by Crippen LogP contribution is 2.20. The number of benzene rings is 1. The van der Waals surface area contributed by atoms with E-state index in [0.29, 0.717) is 5.56 Å². The summed E-state index contributed by atoms with van der Waals surface area (Å²) in [4.78, 5) is 0. The van der Waals surface area contributed by atoms with E-state index >= 15 is 0 Å². The van der Waals surface area contributed by atoms with Gasteiger partial charge in [-0.25, -0.2) is 4.39 Å². The van der Waals surface area contributed by atoms with E-state index < -0.39 is 0 Å². The fourth-order valence-electron chi connectivity index (χ4n) is 0.925. The number of hydrogen-bond donors (Lipinski definition) is 1. The molecule has 11 heavy (non-hydrogen) atoms. The summed E-state index contributed by atoms with van der Waals surface area (Å²) in [6.45, 7) is 2.07. The molecule has 1 nitrogen and oxygen atoms in total. The van der Waals surface area contributed by atoms with Gasteiger partial charge in [0.15, 0.2) is 0 Å². The topological polar surface area (TPSA) is 26.0 Å². The Labute approximate surface area is 73.5 Å². The first-order valence-corrected chi connectivity index (χ1v) is 4.09. The van der Waals surface area contributed by atoms with Crippen molar-refractivity contribution in [2.45, 2.75) is 13.5 Å². The molecular weight excluding hydrogens is 209 g/mol. The molecular formula is C8H9BrFN. The van der Waals surface area contributed by atoms with E-state index in [-0.39, 0.29) is 12.4 Å². The van der Waals surface area contributed by atoms with Gasteiger partial charge < -0.3 is 5.73 Å². The lowest BCUT2D eigenvalue weighted by Crippen LogP contribution is -2.01. The van der Waals surface area contributed by atoms with Crippen LogP contribution in [-0.4, -0.2) is 0 Å². The minimum Gasteiger partial charge on any atom is -0.326 e. The van der Waals surface area contributed by atoms with Gasteiger partial charge in [-0.3, -0.25) is 0 Å². The van der Waals surface area contributed by atoms with Crippen molar-refractivity contribution >= 4 is 15.9 Å². The van der Waals surface area contributed by atoms with Crippen LogP contribution in [0.1, 0.15) is 11.1 Å². The van der Waals surface area contributed by atoms with Crippen LogP contribution in [0.2, 0.25) is 0 Å². The summed E-state index contributed by atoms with van der Waals surface area (Å²) in [6, 6.07) is 3.33. The molecule has 0 radical (unpaired) electrons. The Morgan fingerprint density at radius 1 is 1.55 bits per heavy atom. The van der Waals surface area contributed by atoms with Crippen LogP contribution in [0.3, 0.4) is 0 Å². The molecule has 0 unspecified atom stereocenters. The molecule has 0 bridgehead atoms. The molecule has 0 fully saturated rings. The third kappa shape index (κ3) is 1.79. The number of rotatable bonds is 1. The molecule has 2 N–H and O–H groups in total. The Morgan fingerprint density at radius 2 is 2.18 bits per heavy atom. The van der Waals surface area contributed by atoms with Gasteiger partial charge in [0, 0.05) is 16.6 Å². The van der Waals surface area contributed by atoms with Crippen molar-refractivity contribution in [3.8, 4) is 0 Å². The first kappa shape index (κ1) is 8.68. The van der Waals surface area contributed by atoms with E-state index in [4.69, 9.17) is 5.73 Å². The van der Waals surface area contributed by atoms with Crippen LogP contribution in [0.5, 0.6) is 0 Å². The largest absolute Gasteiger partial charge is 0.326 e. The normalized spacial score (nSPS) is 10.2. The van der Waals surface area contributed by atoms with E-state index in [2.05, 4.69) is 15.9 Å². The Bertz CT molecular complexity index is 250. The van der Waals surface area contributed by atoms with Crippen molar-refractivity contribution in [3.05, 3.63) is 33.5 Å². The lowest BCUT2D eigenvalue weighted by molar-refractivity contribution is 0.608. The minimum absolute atomic E-state index is 0.229. The molecule has 1 aromatic carbocycles. The molecule has 3 heteroatoms. The third-order valence-corrected chi connectivity index (χ3v) is 2.20. The smallest absolute Gasteiger partial charge is 0.129 e. The number of nitrogens with two attached hydrogens (primary N) is 1. The fraction of sp³-hybridized carbons (Fsp3) is 0.250. The molecule has 60 valence electrons. The Hall–Kier alpha value is -0.410. The van der Waals surface area contributed by atoms with E-state index in [9.17, 15) is 4.39 Å². The van der Waals surface area contributed by atoms with Gasteiger partial charge in [-0.15, -0.1) is 0 Å². The molecule has 1 aromatic rings. The van der Waals surface area contributed by atoms with Gasteiger partial charge in [0.25, 0.3) is 0 Å². The molecule has 1 rings (SSSR count). The summed E-state index contributed by atoms with van der Waals surface area (Å²) in [6.07, 6.45) is 0. The highest BCUT2D eigenvalue weighted by atomic mass is 79.9. The maximum absolute atomic E-state index is 13.0. The number of aryl methyl sites for hydroxylation is 1. The Morgan fingerprint density at radius 3 is 2.64 bits per heavy atom. The van der Waals surface area contributed by atoms with Gasteiger partial charge in [-0.05, 0) is 24.6 Å². The molecule has 0 saturated heterocycles. The molecule has 0 amide bonds. The zero-order valence-corrected chi connectivity index (χ0v) is 7.78. The highest BCUT2D eigenvalue weighted by Gasteiger charge is 2.04. The lowest BCUT2D eigenvalue weighted by Gasteiger charge is -2.03. The molecule has 0 spiro atoms. The molecule has 0 heterocycles. The molecule has 0 atom stereocenters. The zero-order valence-electron chi connectivity index (χ0n) is 6.20. The second-order valence-corrected chi connectivity index (χ2v) is 3.27. The minimum atomic E-state index is -0.237. The third-order valence-electron chi connectivity index (χ3n) is 1.49. The quantitative estimate of drug-likeness (QED) is 0.769. The van der Waals surface area contributed by atoms with Crippen LogP contribution in [0.25, 0.3) is 0 Å². The van der Waals surface area contributed by atoms with Gasteiger partial charge in [-0.1, -0.05) is 15.9 Å². The summed E-state index contributed by atoms with van der Waals surface area (Å²) in [5, 5.41) is 0. The van der Waals surface area contributed by atoms with Crippen molar-refractivity contribution in [2.24, 2.45) is 5.73 Å². The Balaban J connectivity index is 3.25. The SMILES string of the molecule is Cc1cc(F)c(CN)c(Br)c1. The maximum Gasteiger partial charge on any atom is 0.129 e. The summed E-state index contributed by atoms with van der Waals surface area (Å²) >= 11 is 3.24. The lowest BCUT2D eigenvalue weighted by atomic mass is 10.1. The average Bonchev–Trinajstić information content (AvgIpc) is 1.85. The number of halogens is 2. The van der Waals surface area contributed by atoms with Crippen LogP contribution in [0.15, 0.2) is 16.6 Å². The van der Waals surface area contributed by atoms with E-state index in [1.54, 1.807) is 0 Å². The fourth-order valence-corrected chi connectivity index (χ4v) is 1.64. The maximum atomic E-state index is 13.0. The van der Waals surface area contributed by atoms with Crippen LogP contribution >= 0.6 is 15.9 Å². The summed E-state index contributed by atoms with van der Waals surface area (Å²) in [7, 11) is 0. The van der Waals surface area contributed by atoms with Crippen molar-refractivity contribution in [1.82, 2.24) is 0 Å². The summed E-state index contributed by atoms with van der Waals surface area (Å²) in [5.41, 5.74) is 6.76. The van der Waals surface area contributed by atoms with Crippen LogP contribution in [-0.2, 0) is 6.54 Å². The molecule has 0 saturated carbocycles. The molecule has 0 aromatic heterocycles. The predicted molar refractivity (Wildman–Crippen MR) is 46.7 cm³/mol. The first-order chi connectivity index (χ1) is 5.15. The van der Waals surface area contributed by atoms with Crippen LogP contribution < -0.4 is 5.73 Å². The second-order valence-electron chi connectivity index (χ2n) is 2.41. The Kier molecular flexibility index (Phi) is 2.62. The van der Waals surface area contributed by atoms with Crippen molar-refractivity contribution in [2.75, 3.05) is 0 Å². The summed E-state index contributed by atoms with van der Waals surface area (Å²) < 4.78 is 13.7. The average molecular weight is 218 g/mol. The zero-order chi connectivity index (χ0) is 8.43. The van der Waals surface area contributed by atoms with E-state index in [0.717, 1.165) is 10.0 Å². The van der Waals surface area contributed by atoms with E-state index in [1.165, 1.54) is 6.07 Å². The van der Waals surface area contributed by atoms with Gasteiger partial charge >= 0.3 is 0 Å². The summed E-state index contributed by atoms with van der Waals surface area (Å²) in [5.74, 6) is -0.237. The van der Waals surface area contributed by atoms with Gasteiger partial charge in [0.05, 0.1) is 0 Å². The molecule has 0 aliphatic heterocycles. The molecule has 0 aliphatic carbocycles. The first-order valence-electron chi connectivity index (χ1n) is 3.29. The van der Waals surface area contributed by atoms with Crippen molar-refractivity contribution in [3.63, 3.8) is 0 Å². The van der Waals surface area contributed by atoms with Crippen molar-refractivity contribution in [1.29, 1.82) is 0 Å². The highest BCUT2D eigenvalue weighted by molar-refractivity contribution is 9.10. The van der Waals surface area contributed by atoms with Crippen LogP contribution in [0.4, 0.5) is 4.39 Å². The van der Waals surface area contributed by atoms with Crippen LogP contribution in [0, 0.1) is 12.7 Å². The second kappa shape index (κ2) is 3.32. The van der Waals surface area contributed by atoms with Gasteiger partial charge in [-0.2, -0.15) is 0 Å². The predicted octanol–water partition coefficient (Wildman–Crippen LogP) is 2.36.